The second-order valence-corrected chi connectivity index (χ2v) is 4.84. The van der Waals surface area contributed by atoms with Crippen molar-refractivity contribution in [2.24, 2.45) is 0 Å². The molecule has 0 saturated carbocycles. The molecule has 2 N–H and O–H groups in total. The first-order valence-electron chi connectivity index (χ1n) is 5.69. The molecular weight excluding hydrogens is 329 g/mol. The summed E-state index contributed by atoms with van der Waals surface area (Å²) >= 11 is 3.18. The Morgan fingerprint density at radius 1 is 0.950 bits per heavy atom. The Balaban J connectivity index is 2.38. The van der Waals surface area contributed by atoms with E-state index in [0.717, 1.165) is 0 Å². The van der Waals surface area contributed by atoms with Crippen LogP contribution < -0.4 is 19.9 Å². The van der Waals surface area contributed by atoms with Gasteiger partial charge in [-0.05, 0) is 18.2 Å². The van der Waals surface area contributed by atoms with Crippen LogP contribution in [0.15, 0.2) is 34.8 Å². The van der Waals surface area contributed by atoms with Crippen LogP contribution in [0.4, 0.5) is 10.1 Å². The Bertz CT molecular complexity index is 634. The fourth-order valence-electron chi connectivity index (χ4n) is 1.64. The summed E-state index contributed by atoms with van der Waals surface area (Å²) in [6.45, 7) is 0. The van der Waals surface area contributed by atoms with E-state index in [1.807, 2.05) is 0 Å². The highest BCUT2D eigenvalue weighted by Crippen LogP contribution is 2.39. The van der Waals surface area contributed by atoms with Gasteiger partial charge in [0.05, 0.1) is 19.9 Å². The van der Waals surface area contributed by atoms with Crippen molar-refractivity contribution in [1.82, 2.24) is 0 Å². The summed E-state index contributed by atoms with van der Waals surface area (Å²) in [4.78, 5) is 0. The molecular formula is C14H13BrFNO3. The van der Waals surface area contributed by atoms with Crippen LogP contribution in [0, 0.1) is 5.82 Å². The number of methoxy groups -OCH3 is 2. The summed E-state index contributed by atoms with van der Waals surface area (Å²) in [5.41, 5.74) is 6.18. The molecule has 0 aliphatic carbocycles. The van der Waals surface area contributed by atoms with Crippen LogP contribution in [0.2, 0.25) is 0 Å². The Morgan fingerprint density at radius 2 is 1.60 bits per heavy atom. The van der Waals surface area contributed by atoms with Crippen LogP contribution >= 0.6 is 15.9 Å². The maximum Gasteiger partial charge on any atom is 0.166 e. The zero-order valence-corrected chi connectivity index (χ0v) is 12.5. The van der Waals surface area contributed by atoms with E-state index in [0.29, 0.717) is 27.4 Å². The Labute approximate surface area is 124 Å². The van der Waals surface area contributed by atoms with Crippen molar-refractivity contribution in [2.45, 2.75) is 0 Å². The lowest BCUT2D eigenvalue weighted by Crippen LogP contribution is -1.97. The fourth-order valence-corrected chi connectivity index (χ4v) is 1.97. The largest absolute Gasteiger partial charge is 0.493 e. The second-order valence-electron chi connectivity index (χ2n) is 3.92. The van der Waals surface area contributed by atoms with Crippen molar-refractivity contribution in [2.75, 3.05) is 20.0 Å². The van der Waals surface area contributed by atoms with Gasteiger partial charge in [-0.1, -0.05) is 15.9 Å². The van der Waals surface area contributed by atoms with Gasteiger partial charge in [-0.2, -0.15) is 0 Å². The number of hydrogen-bond donors (Lipinski definition) is 1. The molecule has 20 heavy (non-hydrogen) atoms. The van der Waals surface area contributed by atoms with Crippen LogP contribution in [0.25, 0.3) is 0 Å². The van der Waals surface area contributed by atoms with E-state index in [1.54, 1.807) is 18.2 Å². The number of nitrogens with two attached hydrogens (primary N) is 1. The molecule has 106 valence electrons. The number of rotatable bonds is 4. The molecule has 0 saturated heterocycles. The Morgan fingerprint density at radius 3 is 2.20 bits per heavy atom. The van der Waals surface area contributed by atoms with Gasteiger partial charge in [0.2, 0.25) is 0 Å². The average molecular weight is 342 g/mol. The molecule has 0 aliphatic rings. The molecule has 0 amide bonds. The summed E-state index contributed by atoms with van der Waals surface area (Å²) in [7, 11) is 3.00. The Kier molecular flexibility index (Phi) is 4.34. The van der Waals surface area contributed by atoms with Crippen molar-refractivity contribution in [3.8, 4) is 23.0 Å². The van der Waals surface area contributed by atoms with Crippen LogP contribution in [0.5, 0.6) is 23.0 Å². The maximum absolute atomic E-state index is 13.7. The quantitative estimate of drug-likeness (QED) is 0.854. The molecule has 0 heterocycles. The van der Waals surface area contributed by atoms with Gasteiger partial charge in [-0.25, -0.2) is 4.39 Å². The number of anilines is 1. The van der Waals surface area contributed by atoms with Crippen molar-refractivity contribution in [1.29, 1.82) is 0 Å². The van der Waals surface area contributed by atoms with Crippen molar-refractivity contribution < 1.29 is 18.6 Å². The lowest BCUT2D eigenvalue weighted by atomic mass is 10.2. The fraction of sp³-hybridized carbons (Fsp3) is 0.143. The summed E-state index contributed by atoms with van der Waals surface area (Å²) in [5.74, 6) is 0.812. The molecule has 0 bridgehead atoms. The summed E-state index contributed by atoms with van der Waals surface area (Å²) in [5, 5.41) is 0. The first kappa shape index (κ1) is 14.5. The van der Waals surface area contributed by atoms with Gasteiger partial charge < -0.3 is 19.9 Å². The van der Waals surface area contributed by atoms with Crippen LogP contribution in [-0.4, -0.2) is 14.2 Å². The highest BCUT2D eigenvalue weighted by Gasteiger charge is 2.13. The zero-order chi connectivity index (χ0) is 14.7. The molecule has 0 unspecified atom stereocenters. The smallest absolute Gasteiger partial charge is 0.166 e. The predicted octanol–water partition coefficient (Wildman–Crippen LogP) is 3.98. The van der Waals surface area contributed by atoms with Crippen molar-refractivity contribution in [3.05, 3.63) is 40.6 Å². The lowest BCUT2D eigenvalue weighted by molar-refractivity contribution is 0.352. The lowest BCUT2D eigenvalue weighted by Gasteiger charge is -2.13. The molecule has 2 aromatic carbocycles. The summed E-state index contributed by atoms with van der Waals surface area (Å²) < 4.78 is 30.1. The Hall–Kier alpha value is -1.95. The van der Waals surface area contributed by atoms with E-state index in [-0.39, 0.29) is 5.75 Å². The molecule has 2 rings (SSSR count). The number of hydrogen-bond acceptors (Lipinski definition) is 4. The number of nitrogen functional groups attached to an aromatic ring is 1. The topological polar surface area (TPSA) is 53.7 Å². The highest BCUT2D eigenvalue weighted by atomic mass is 79.9. The van der Waals surface area contributed by atoms with E-state index in [1.165, 1.54) is 26.4 Å². The third-order valence-electron chi connectivity index (χ3n) is 2.63. The number of benzene rings is 2. The maximum atomic E-state index is 13.7. The van der Waals surface area contributed by atoms with E-state index < -0.39 is 5.82 Å². The van der Waals surface area contributed by atoms with Gasteiger partial charge >= 0.3 is 0 Å². The van der Waals surface area contributed by atoms with Gasteiger partial charge in [-0.3, -0.25) is 0 Å². The second kappa shape index (κ2) is 6.00. The molecule has 0 aliphatic heterocycles. The van der Waals surface area contributed by atoms with Gasteiger partial charge in [-0.15, -0.1) is 0 Å². The first-order chi connectivity index (χ1) is 9.55. The SMILES string of the molecule is COc1cc(N)c(Oc2ccc(Br)cc2F)cc1OC. The van der Waals surface area contributed by atoms with Gasteiger partial charge in [0.1, 0.15) is 0 Å². The molecule has 0 radical (unpaired) electrons. The molecule has 2 aromatic rings. The third kappa shape index (κ3) is 2.96. The van der Waals surface area contributed by atoms with E-state index in [9.17, 15) is 4.39 Å². The number of ether oxygens (including phenoxy) is 3. The molecule has 4 nitrogen and oxygen atoms in total. The highest BCUT2D eigenvalue weighted by molar-refractivity contribution is 9.10. The van der Waals surface area contributed by atoms with Crippen LogP contribution in [-0.2, 0) is 0 Å². The standard InChI is InChI=1S/C14H13BrFNO3/c1-18-13-6-10(17)12(7-14(13)19-2)20-11-4-3-8(15)5-9(11)16/h3-7H,17H2,1-2H3. The van der Waals surface area contributed by atoms with Crippen molar-refractivity contribution >= 4 is 21.6 Å². The molecule has 0 atom stereocenters. The molecule has 0 spiro atoms. The first-order valence-corrected chi connectivity index (χ1v) is 6.49. The normalized spacial score (nSPS) is 10.2. The minimum Gasteiger partial charge on any atom is -0.493 e. The van der Waals surface area contributed by atoms with E-state index in [2.05, 4.69) is 15.9 Å². The summed E-state index contributed by atoms with van der Waals surface area (Å²) in [6, 6.07) is 7.61. The van der Waals surface area contributed by atoms with E-state index in [4.69, 9.17) is 19.9 Å². The molecule has 0 aromatic heterocycles. The van der Waals surface area contributed by atoms with E-state index >= 15 is 0 Å². The minimum atomic E-state index is -0.492. The van der Waals surface area contributed by atoms with Gasteiger partial charge in [0.25, 0.3) is 0 Å². The number of halogens is 2. The zero-order valence-electron chi connectivity index (χ0n) is 10.9. The summed E-state index contributed by atoms with van der Waals surface area (Å²) in [6.07, 6.45) is 0. The van der Waals surface area contributed by atoms with Gasteiger partial charge in [0, 0.05) is 16.6 Å². The monoisotopic (exact) mass is 341 g/mol. The van der Waals surface area contributed by atoms with Crippen molar-refractivity contribution in [3.63, 3.8) is 0 Å². The third-order valence-corrected chi connectivity index (χ3v) is 3.12. The molecule has 0 fully saturated rings. The predicted molar refractivity (Wildman–Crippen MR) is 78.1 cm³/mol. The van der Waals surface area contributed by atoms with Crippen LogP contribution in [0.3, 0.4) is 0 Å². The van der Waals surface area contributed by atoms with Gasteiger partial charge in [0.15, 0.2) is 28.8 Å². The van der Waals surface area contributed by atoms with Crippen LogP contribution in [0.1, 0.15) is 0 Å². The minimum absolute atomic E-state index is 0.0760. The average Bonchev–Trinajstić information content (AvgIpc) is 2.43. The molecule has 6 heteroatoms.